The molecule has 1 aliphatic heterocycles. The Labute approximate surface area is 201 Å². The average Bonchev–Trinajstić information content (AvgIpc) is 3.49. The predicted molar refractivity (Wildman–Crippen MR) is 132 cm³/mol. The predicted octanol–water partition coefficient (Wildman–Crippen LogP) is 3.70. The molecule has 2 heterocycles. The number of aryl methyl sites for hydroxylation is 1. The van der Waals surface area contributed by atoms with Gasteiger partial charge in [-0.3, -0.25) is 9.59 Å². The maximum atomic E-state index is 13.4. The van der Waals surface area contributed by atoms with Gasteiger partial charge in [-0.05, 0) is 50.8 Å². The van der Waals surface area contributed by atoms with Crippen LogP contribution in [0.25, 0.3) is 11.0 Å². The molecule has 1 N–H and O–H groups in total. The number of hydrogen-bond acceptors (Lipinski definition) is 4. The van der Waals surface area contributed by atoms with Gasteiger partial charge in [-0.1, -0.05) is 42.5 Å². The maximum absolute atomic E-state index is 13.4. The minimum atomic E-state index is -0.311. The van der Waals surface area contributed by atoms with E-state index in [4.69, 9.17) is 9.72 Å². The fraction of sp³-hybridized carbons (Fsp3) is 0.444. The molecule has 1 aromatic heterocycles. The number of carbonyl (C=O) groups is 2. The van der Waals surface area contributed by atoms with E-state index >= 15 is 0 Å². The largest absolute Gasteiger partial charge is 0.368 e. The first-order chi connectivity index (χ1) is 16.5. The highest BCUT2D eigenvalue weighted by atomic mass is 16.5. The summed E-state index contributed by atoms with van der Waals surface area (Å²) in [6.45, 7) is 6.13. The van der Waals surface area contributed by atoms with Gasteiger partial charge in [0.15, 0.2) is 0 Å². The molecule has 0 radical (unpaired) electrons. The number of amides is 2. The zero-order chi connectivity index (χ0) is 23.9. The Morgan fingerprint density at radius 1 is 1.15 bits per heavy atom. The number of nitrogens with one attached hydrogen (secondary N) is 1. The number of imidazole rings is 1. The van der Waals surface area contributed by atoms with E-state index in [1.54, 1.807) is 0 Å². The van der Waals surface area contributed by atoms with Crippen LogP contribution in [-0.2, 0) is 33.8 Å². The summed E-state index contributed by atoms with van der Waals surface area (Å²) in [6.07, 6.45) is 2.84. The minimum Gasteiger partial charge on any atom is -0.368 e. The smallest absolute Gasteiger partial charge is 0.249 e. The summed E-state index contributed by atoms with van der Waals surface area (Å²) in [6, 6.07) is 18.1. The van der Waals surface area contributed by atoms with Gasteiger partial charge in [0, 0.05) is 32.2 Å². The molecule has 2 amide bonds. The van der Waals surface area contributed by atoms with Gasteiger partial charge in [-0.25, -0.2) is 4.98 Å². The maximum Gasteiger partial charge on any atom is 0.249 e. The number of aromatic nitrogens is 2. The van der Waals surface area contributed by atoms with E-state index in [1.807, 2.05) is 77.9 Å². The molecule has 4 rings (SSSR count). The first kappa shape index (κ1) is 24.0. The number of carbonyl (C=O) groups excluding carboxylic acids is 2. The molecule has 34 heavy (non-hydrogen) atoms. The molecule has 1 aliphatic rings. The highest BCUT2D eigenvalue weighted by Crippen LogP contribution is 2.19. The van der Waals surface area contributed by atoms with Gasteiger partial charge in [0.05, 0.1) is 11.0 Å². The number of benzene rings is 2. The van der Waals surface area contributed by atoms with Crippen LogP contribution in [0.15, 0.2) is 54.6 Å². The third kappa shape index (κ3) is 5.83. The first-order valence-electron chi connectivity index (χ1n) is 12.2. The lowest BCUT2D eigenvalue weighted by Crippen LogP contribution is -2.38. The van der Waals surface area contributed by atoms with E-state index in [0.717, 1.165) is 41.7 Å². The van der Waals surface area contributed by atoms with E-state index < -0.39 is 0 Å². The van der Waals surface area contributed by atoms with Gasteiger partial charge in [0.1, 0.15) is 18.5 Å². The Bertz CT molecular complexity index is 1100. The van der Waals surface area contributed by atoms with Crippen molar-refractivity contribution in [1.29, 1.82) is 0 Å². The van der Waals surface area contributed by atoms with Crippen molar-refractivity contribution in [2.45, 2.75) is 64.8 Å². The van der Waals surface area contributed by atoms with Crippen molar-refractivity contribution >= 4 is 22.8 Å². The van der Waals surface area contributed by atoms with Crippen LogP contribution >= 0.6 is 0 Å². The molecule has 0 spiro atoms. The lowest BCUT2D eigenvalue weighted by atomic mass is 10.2. The highest BCUT2D eigenvalue weighted by Gasteiger charge is 2.23. The Morgan fingerprint density at radius 2 is 1.91 bits per heavy atom. The molecule has 1 fully saturated rings. The number of rotatable bonds is 10. The van der Waals surface area contributed by atoms with Gasteiger partial charge in [0.2, 0.25) is 11.8 Å². The fourth-order valence-corrected chi connectivity index (χ4v) is 4.41. The van der Waals surface area contributed by atoms with Crippen LogP contribution in [0.2, 0.25) is 0 Å². The number of ether oxygens (including phenoxy) is 1. The first-order valence-corrected chi connectivity index (χ1v) is 12.2. The summed E-state index contributed by atoms with van der Waals surface area (Å²) in [7, 11) is 0. The highest BCUT2D eigenvalue weighted by molar-refractivity contribution is 5.82. The molecule has 0 saturated carbocycles. The van der Waals surface area contributed by atoms with Gasteiger partial charge in [0.25, 0.3) is 0 Å². The zero-order valence-electron chi connectivity index (χ0n) is 20.1. The quantitative estimate of drug-likeness (QED) is 0.466. The molecule has 1 saturated heterocycles. The molecule has 7 nitrogen and oxygen atoms in total. The summed E-state index contributed by atoms with van der Waals surface area (Å²) in [5, 5.41) is 2.97. The van der Waals surface area contributed by atoms with Crippen molar-refractivity contribution in [2.24, 2.45) is 0 Å². The second kappa shape index (κ2) is 11.3. The summed E-state index contributed by atoms with van der Waals surface area (Å²) in [5.41, 5.74) is 2.95. The molecule has 1 unspecified atom stereocenters. The van der Waals surface area contributed by atoms with Gasteiger partial charge in [-0.15, -0.1) is 0 Å². The van der Waals surface area contributed by atoms with Crippen LogP contribution in [-0.4, -0.2) is 51.6 Å². The minimum absolute atomic E-state index is 0.0327. The molecule has 2 aromatic carbocycles. The molecule has 180 valence electrons. The van der Waals surface area contributed by atoms with Gasteiger partial charge >= 0.3 is 0 Å². The fourth-order valence-electron chi connectivity index (χ4n) is 4.41. The summed E-state index contributed by atoms with van der Waals surface area (Å²) < 4.78 is 7.47. The molecule has 0 aliphatic carbocycles. The molecular weight excluding hydrogens is 428 g/mol. The standard InChI is InChI=1S/C27H34N4O3/c1-20(2)30(18-21-10-4-3-5-11-21)26(32)19-31-23-13-7-6-12-22(23)29-25(31)15-8-16-28-27(33)24-14-9-17-34-24/h3-7,10-13,20,24H,8-9,14-19H2,1-2H3,(H,28,33). The Hall–Kier alpha value is -3.19. The van der Waals surface area contributed by atoms with Crippen molar-refractivity contribution in [3.8, 4) is 0 Å². The molecule has 0 bridgehead atoms. The van der Waals surface area contributed by atoms with Crippen molar-refractivity contribution in [1.82, 2.24) is 19.8 Å². The number of fused-ring (bicyclic) bond motifs is 1. The van der Waals surface area contributed by atoms with Crippen LogP contribution < -0.4 is 5.32 Å². The normalized spacial score (nSPS) is 15.7. The Morgan fingerprint density at radius 3 is 2.65 bits per heavy atom. The Balaban J connectivity index is 1.44. The number of para-hydroxylation sites is 2. The van der Waals surface area contributed by atoms with Crippen molar-refractivity contribution < 1.29 is 14.3 Å². The SMILES string of the molecule is CC(C)N(Cc1ccccc1)C(=O)Cn1c(CCCNC(=O)C2CCCO2)nc2ccccc21. The molecular formula is C27H34N4O3. The van der Waals surface area contributed by atoms with Gasteiger partial charge in [-0.2, -0.15) is 0 Å². The van der Waals surface area contributed by atoms with E-state index in [2.05, 4.69) is 5.32 Å². The van der Waals surface area contributed by atoms with Crippen molar-refractivity contribution in [2.75, 3.05) is 13.2 Å². The lowest BCUT2D eigenvalue weighted by Gasteiger charge is -2.27. The summed E-state index contributed by atoms with van der Waals surface area (Å²) >= 11 is 0. The van der Waals surface area contributed by atoms with Crippen LogP contribution in [0.4, 0.5) is 0 Å². The van der Waals surface area contributed by atoms with Crippen LogP contribution in [0.5, 0.6) is 0 Å². The van der Waals surface area contributed by atoms with Crippen LogP contribution in [0, 0.1) is 0 Å². The second-order valence-electron chi connectivity index (χ2n) is 9.10. The topological polar surface area (TPSA) is 76.5 Å². The van der Waals surface area contributed by atoms with E-state index in [-0.39, 0.29) is 30.5 Å². The van der Waals surface area contributed by atoms with Crippen LogP contribution in [0.1, 0.15) is 44.5 Å². The lowest BCUT2D eigenvalue weighted by molar-refractivity contribution is -0.134. The number of hydrogen-bond donors (Lipinski definition) is 1. The van der Waals surface area contributed by atoms with E-state index in [1.165, 1.54) is 0 Å². The van der Waals surface area contributed by atoms with E-state index in [0.29, 0.717) is 26.1 Å². The Kier molecular flexibility index (Phi) is 7.95. The summed E-state index contributed by atoms with van der Waals surface area (Å²) in [4.78, 5) is 32.3. The average molecular weight is 463 g/mol. The van der Waals surface area contributed by atoms with Crippen molar-refractivity contribution in [3.05, 3.63) is 66.0 Å². The van der Waals surface area contributed by atoms with Crippen molar-refractivity contribution in [3.63, 3.8) is 0 Å². The monoisotopic (exact) mass is 462 g/mol. The molecule has 3 aromatic rings. The third-order valence-corrected chi connectivity index (χ3v) is 6.26. The third-order valence-electron chi connectivity index (χ3n) is 6.26. The van der Waals surface area contributed by atoms with Crippen LogP contribution in [0.3, 0.4) is 0 Å². The van der Waals surface area contributed by atoms with E-state index in [9.17, 15) is 9.59 Å². The molecule has 1 atom stereocenters. The zero-order valence-corrected chi connectivity index (χ0v) is 20.1. The van der Waals surface area contributed by atoms with Gasteiger partial charge < -0.3 is 19.5 Å². The number of nitrogens with zero attached hydrogens (tertiary/aromatic N) is 3. The molecule has 7 heteroatoms. The second-order valence-corrected chi connectivity index (χ2v) is 9.10. The summed E-state index contributed by atoms with van der Waals surface area (Å²) in [5.74, 6) is 0.897.